The first-order valence-corrected chi connectivity index (χ1v) is 3.91. The third-order valence-electron chi connectivity index (χ3n) is 2.41. The molecule has 0 aromatic rings. The SMILES string of the molecule is CN1CCC2C(=O)NOC2C1. The van der Waals surface area contributed by atoms with Crippen molar-refractivity contribution < 1.29 is 9.63 Å². The van der Waals surface area contributed by atoms with E-state index in [-0.39, 0.29) is 17.9 Å². The summed E-state index contributed by atoms with van der Waals surface area (Å²) in [4.78, 5) is 18.3. The van der Waals surface area contributed by atoms with Gasteiger partial charge in [0.2, 0.25) is 5.91 Å². The number of nitrogens with zero attached hydrogens (tertiary/aromatic N) is 1. The second-order valence-corrected chi connectivity index (χ2v) is 3.28. The molecule has 0 aromatic heterocycles. The van der Waals surface area contributed by atoms with Gasteiger partial charge in [-0.1, -0.05) is 0 Å². The molecule has 0 spiro atoms. The van der Waals surface area contributed by atoms with Gasteiger partial charge in [-0.15, -0.1) is 0 Å². The van der Waals surface area contributed by atoms with E-state index in [9.17, 15) is 4.79 Å². The fourth-order valence-corrected chi connectivity index (χ4v) is 1.70. The summed E-state index contributed by atoms with van der Waals surface area (Å²) >= 11 is 0. The van der Waals surface area contributed by atoms with E-state index < -0.39 is 0 Å². The van der Waals surface area contributed by atoms with Crippen LogP contribution in [0.5, 0.6) is 0 Å². The zero-order valence-electron chi connectivity index (χ0n) is 6.54. The van der Waals surface area contributed by atoms with Crippen molar-refractivity contribution in [3.8, 4) is 0 Å². The summed E-state index contributed by atoms with van der Waals surface area (Å²) in [6.07, 6.45) is 1.01. The summed E-state index contributed by atoms with van der Waals surface area (Å²) in [5.41, 5.74) is 2.42. The number of hydrogen-bond donors (Lipinski definition) is 1. The molecule has 11 heavy (non-hydrogen) atoms. The van der Waals surface area contributed by atoms with Gasteiger partial charge in [-0.25, -0.2) is 5.48 Å². The molecule has 0 aliphatic carbocycles. The van der Waals surface area contributed by atoms with Crippen LogP contribution >= 0.6 is 0 Å². The van der Waals surface area contributed by atoms with Crippen LogP contribution in [0.3, 0.4) is 0 Å². The van der Waals surface area contributed by atoms with Gasteiger partial charge in [-0.2, -0.15) is 0 Å². The van der Waals surface area contributed by atoms with Crippen molar-refractivity contribution in [3.05, 3.63) is 0 Å². The van der Waals surface area contributed by atoms with E-state index in [2.05, 4.69) is 10.4 Å². The number of amides is 1. The first kappa shape index (κ1) is 7.06. The van der Waals surface area contributed by atoms with Crippen LogP contribution in [0.4, 0.5) is 0 Å². The average molecular weight is 156 g/mol. The number of likely N-dealkylation sites (tertiary alicyclic amines) is 1. The van der Waals surface area contributed by atoms with Gasteiger partial charge < -0.3 is 4.90 Å². The monoisotopic (exact) mass is 156 g/mol. The molecule has 2 heterocycles. The van der Waals surface area contributed by atoms with Gasteiger partial charge in [0, 0.05) is 6.54 Å². The van der Waals surface area contributed by atoms with E-state index in [1.165, 1.54) is 0 Å². The van der Waals surface area contributed by atoms with Gasteiger partial charge in [0.15, 0.2) is 0 Å². The minimum Gasteiger partial charge on any atom is -0.304 e. The van der Waals surface area contributed by atoms with Crippen molar-refractivity contribution in [2.45, 2.75) is 12.5 Å². The van der Waals surface area contributed by atoms with Crippen molar-refractivity contribution in [3.63, 3.8) is 0 Å². The molecule has 0 saturated carbocycles. The smallest absolute Gasteiger partial charge is 0.249 e. The number of piperidine rings is 1. The summed E-state index contributed by atoms with van der Waals surface area (Å²) < 4.78 is 0. The number of nitrogens with one attached hydrogen (secondary N) is 1. The highest BCUT2D eigenvalue weighted by Crippen LogP contribution is 2.23. The molecule has 4 nitrogen and oxygen atoms in total. The lowest BCUT2D eigenvalue weighted by Crippen LogP contribution is -2.41. The maximum absolute atomic E-state index is 11.1. The minimum atomic E-state index is 0.0584. The molecule has 0 radical (unpaired) electrons. The number of hydrogen-bond acceptors (Lipinski definition) is 3. The third kappa shape index (κ3) is 1.12. The summed E-state index contributed by atoms with van der Waals surface area (Å²) in [7, 11) is 2.04. The second-order valence-electron chi connectivity index (χ2n) is 3.28. The molecule has 2 atom stereocenters. The number of carbonyl (C=O) groups is 1. The Morgan fingerprint density at radius 2 is 2.55 bits per heavy atom. The van der Waals surface area contributed by atoms with E-state index in [1.54, 1.807) is 0 Å². The molecule has 0 aromatic carbocycles. The highest BCUT2D eigenvalue weighted by molar-refractivity contribution is 5.79. The Balaban J connectivity index is 2.06. The van der Waals surface area contributed by atoms with Crippen LogP contribution in [0.25, 0.3) is 0 Å². The van der Waals surface area contributed by atoms with E-state index in [0.717, 1.165) is 19.5 Å². The Labute approximate surface area is 65.5 Å². The van der Waals surface area contributed by atoms with Crippen LogP contribution in [0.15, 0.2) is 0 Å². The predicted octanol–water partition coefficient (Wildman–Crippen LogP) is -0.632. The molecule has 2 saturated heterocycles. The van der Waals surface area contributed by atoms with Crippen LogP contribution in [-0.2, 0) is 9.63 Å². The van der Waals surface area contributed by atoms with E-state index in [0.29, 0.717) is 0 Å². The third-order valence-corrected chi connectivity index (χ3v) is 2.41. The fraction of sp³-hybridized carbons (Fsp3) is 0.857. The first-order chi connectivity index (χ1) is 5.27. The van der Waals surface area contributed by atoms with Gasteiger partial charge in [0.25, 0.3) is 0 Å². The molecule has 1 amide bonds. The molecule has 4 heteroatoms. The quantitative estimate of drug-likeness (QED) is 0.507. The average Bonchev–Trinajstić information content (AvgIpc) is 2.32. The van der Waals surface area contributed by atoms with Gasteiger partial charge in [-0.3, -0.25) is 9.63 Å². The van der Waals surface area contributed by atoms with Crippen LogP contribution < -0.4 is 5.48 Å². The molecule has 62 valence electrons. The maximum Gasteiger partial charge on any atom is 0.249 e. The Bertz CT molecular complexity index is 183. The number of fused-ring (bicyclic) bond motifs is 1. The molecule has 1 N–H and O–H groups in total. The maximum atomic E-state index is 11.1. The first-order valence-electron chi connectivity index (χ1n) is 3.91. The molecular formula is C7H12N2O2. The van der Waals surface area contributed by atoms with Crippen LogP contribution in [-0.4, -0.2) is 37.0 Å². The van der Waals surface area contributed by atoms with Gasteiger partial charge in [0.1, 0.15) is 6.10 Å². The van der Waals surface area contributed by atoms with E-state index >= 15 is 0 Å². The van der Waals surface area contributed by atoms with E-state index in [1.807, 2.05) is 7.05 Å². The second kappa shape index (κ2) is 2.46. The Kier molecular flexibility index (Phi) is 1.58. The van der Waals surface area contributed by atoms with Crippen molar-refractivity contribution in [2.75, 3.05) is 20.1 Å². The number of likely N-dealkylation sites (N-methyl/N-ethyl adjacent to an activating group) is 1. The Morgan fingerprint density at radius 3 is 3.36 bits per heavy atom. The van der Waals surface area contributed by atoms with E-state index in [4.69, 9.17) is 4.84 Å². The van der Waals surface area contributed by atoms with Crippen molar-refractivity contribution in [1.29, 1.82) is 0 Å². The zero-order chi connectivity index (χ0) is 7.84. The normalized spacial score (nSPS) is 38.5. The van der Waals surface area contributed by atoms with Gasteiger partial charge in [0.05, 0.1) is 5.92 Å². The van der Waals surface area contributed by atoms with Gasteiger partial charge in [-0.05, 0) is 20.0 Å². The standard InChI is InChI=1S/C7H12N2O2/c1-9-3-2-5-6(4-9)11-8-7(5)10/h5-6H,2-4H2,1H3,(H,8,10). The largest absolute Gasteiger partial charge is 0.304 e. The van der Waals surface area contributed by atoms with Gasteiger partial charge >= 0.3 is 0 Å². The molecular weight excluding hydrogens is 144 g/mol. The highest BCUT2D eigenvalue weighted by atomic mass is 16.7. The van der Waals surface area contributed by atoms with Crippen molar-refractivity contribution >= 4 is 5.91 Å². The van der Waals surface area contributed by atoms with Crippen molar-refractivity contribution in [1.82, 2.24) is 10.4 Å². The molecule has 0 bridgehead atoms. The molecule has 2 aliphatic rings. The van der Waals surface area contributed by atoms with Crippen LogP contribution in [0.1, 0.15) is 6.42 Å². The summed E-state index contributed by atoms with van der Waals surface area (Å²) in [5, 5.41) is 0. The summed E-state index contributed by atoms with van der Waals surface area (Å²) in [6.45, 7) is 1.86. The minimum absolute atomic E-state index is 0.0584. The lowest BCUT2D eigenvalue weighted by molar-refractivity contribution is -0.126. The lowest BCUT2D eigenvalue weighted by Gasteiger charge is -2.28. The molecule has 2 fully saturated rings. The molecule has 2 rings (SSSR count). The summed E-state index contributed by atoms with van der Waals surface area (Å²) in [6, 6.07) is 0. The van der Waals surface area contributed by atoms with Crippen LogP contribution in [0, 0.1) is 5.92 Å². The molecule has 2 aliphatic heterocycles. The Morgan fingerprint density at radius 1 is 1.73 bits per heavy atom. The number of carbonyl (C=O) groups excluding carboxylic acids is 1. The highest BCUT2D eigenvalue weighted by Gasteiger charge is 2.39. The van der Waals surface area contributed by atoms with Crippen molar-refractivity contribution in [2.24, 2.45) is 5.92 Å². The zero-order valence-corrected chi connectivity index (χ0v) is 6.54. The summed E-state index contributed by atoms with van der Waals surface area (Å²) in [5.74, 6) is 0.161. The van der Waals surface area contributed by atoms with Crippen LogP contribution in [0.2, 0.25) is 0 Å². The predicted molar refractivity (Wildman–Crippen MR) is 38.6 cm³/mol. The number of hydroxylamine groups is 1. The topological polar surface area (TPSA) is 41.6 Å². The number of rotatable bonds is 0. The molecule has 2 unspecified atom stereocenters. The fourth-order valence-electron chi connectivity index (χ4n) is 1.70. The lowest BCUT2D eigenvalue weighted by atomic mass is 9.95. The Hall–Kier alpha value is -0.610.